The van der Waals surface area contributed by atoms with Crippen LogP contribution in [0.1, 0.15) is 30.9 Å². The van der Waals surface area contributed by atoms with Crippen molar-refractivity contribution in [3.8, 4) is 0 Å². The fourth-order valence-corrected chi connectivity index (χ4v) is 3.73. The number of β-amino-alcohol motifs (C(OH)–C–C–N with tert-alkyl or cyclic N) is 1. The summed E-state index contributed by atoms with van der Waals surface area (Å²) in [6.07, 6.45) is 3.45. The van der Waals surface area contributed by atoms with E-state index in [-0.39, 0.29) is 12.4 Å². The van der Waals surface area contributed by atoms with Crippen molar-refractivity contribution >= 4 is 34.0 Å². The number of piperidine rings is 1. The summed E-state index contributed by atoms with van der Waals surface area (Å²) >= 11 is 0. The molecule has 1 N–H and O–H groups in total. The van der Waals surface area contributed by atoms with E-state index in [2.05, 4.69) is 59.5 Å². The van der Waals surface area contributed by atoms with Crippen LogP contribution in [0.15, 0.2) is 54.6 Å². The molecule has 1 fully saturated rings. The minimum Gasteiger partial charge on any atom is -0.387 e. The summed E-state index contributed by atoms with van der Waals surface area (Å²) in [5, 5.41) is 15.6. The monoisotopic (exact) mass is 341 g/mol. The quantitative estimate of drug-likeness (QED) is 0.682. The number of fused-ring (bicyclic) bond motifs is 3. The average Bonchev–Trinajstić information content (AvgIpc) is 2.62. The lowest BCUT2D eigenvalue weighted by molar-refractivity contribution is 0.102. The topological polar surface area (TPSA) is 23.5 Å². The first-order valence-corrected chi connectivity index (χ1v) is 8.63. The average molecular weight is 342 g/mol. The molecule has 4 rings (SSSR count). The molecule has 24 heavy (non-hydrogen) atoms. The molecule has 1 unspecified atom stereocenters. The van der Waals surface area contributed by atoms with Crippen molar-refractivity contribution in [3.63, 3.8) is 0 Å². The third-order valence-electron chi connectivity index (χ3n) is 5.03. The maximum atomic E-state index is 10.6. The molecule has 0 amide bonds. The molecule has 126 valence electrons. The fraction of sp³-hybridized carbons (Fsp3) is 0.333. The maximum absolute atomic E-state index is 10.6. The van der Waals surface area contributed by atoms with E-state index in [1.807, 2.05) is 0 Å². The van der Waals surface area contributed by atoms with Crippen LogP contribution < -0.4 is 0 Å². The van der Waals surface area contributed by atoms with Crippen LogP contribution in [0, 0.1) is 0 Å². The summed E-state index contributed by atoms with van der Waals surface area (Å²) in [6.45, 7) is 2.99. The van der Waals surface area contributed by atoms with Crippen molar-refractivity contribution in [2.45, 2.75) is 25.4 Å². The third kappa shape index (κ3) is 3.41. The van der Waals surface area contributed by atoms with Crippen molar-refractivity contribution in [1.29, 1.82) is 0 Å². The number of hydrogen-bond acceptors (Lipinski definition) is 2. The van der Waals surface area contributed by atoms with Gasteiger partial charge in [-0.2, -0.15) is 0 Å². The summed E-state index contributed by atoms with van der Waals surface area (Å²) in [6, 6.07) is 19.2. The molecule has 3 aromatic carbocycles. The summed E-state index contributed by atoms with van der Waals surface area (Å²) in [5.41, 5.74) is 1.03. The zero-order valence-corrected chi connectivity index (χ0v) is 14.6. The van der Waals surface area contributed by atoms with Gasteiger partial charge in [0.1, 0.15) is 0 Å². The van der Waals surface area contributed by atoms with E-state index >= 15 is 0 Å². The second kappa shape index (κ2) is 7.52. The van der Waals surface area contributed by atoms with Gasteiger partial charge in [0, 0.05) is 6.54 Å². The number of benzene rings is 3. The first-order valence-electron chi connectivity index (χ1n) is 8.63. The normalized spacial score (nSPS) is 16.9. The third-order valence-corrected chi connectivity index (χ3v) is 5.03. The summed E-state index contributed by atoms with van der Waals surface area (Å²) in [4.78, 5) is 2.39. The highest BCUT2D eigenvalue weighted by Crippen LogP contribution is 2.28. The van der Waals surface area contributed by atoms with Gasteiger partial charge in [0.25, 0.3) is 0 Å². The largest absolute Gasteiger partial charge is 0.387 e. The van der Waals surface area contributed by atoms with Gasteiger partial charge >= 0.3 is 0 Å². The van der Waals surface area contributed by atoms with Gasteiger partial charge in [-0.1, -0.05) is 55.0 Å². The Morgan fingerprint density at radius 1 is 0.833 bits per heavy atom. The number of hydrogen-bond donors (Lipinski definition) is 1. The predicted molar refractivity (Wildman–Crippen MR) is 104 cm³/mol. The highest BCUT2D eigenvalue weighted by Gasteiger charge is 2.16. The molecular weight excluding hydrogens is 318 g/mol. The summed E-state index contributed by atoms with van der Waals surface area (Å²) in [7, 11) is 0. The minimum atomic E-state index is -0.399. The molecule has 0 saturated carbocycles. The Bertz CT molecular complexity index is 826. The van der Waals surface area contributed by atoms with Crippen LogP contribution in [-0.2, 0) is 0 Å². The SMILES string of the molecule is Cl.OC(CN1CCCCC1)c1ccc2c(ccc3ccccc32)c1. The minimum absolute atomic E-state index is 0. The van der Waals surface area contributed by atoms with Gasteiger partial charge in [0.05, 0.1) is 6.10 Å². The van der Waals surface area contributed by atoms with Crippen LogP contribution in [0.4, 0.5) is 0 Å². The first-order chi connectivity index (χ1) is 11.3. The first kappa shape index (κ1) is 17.2. The van der Waals surface area contributed by atoms with Gasteiger partial charge in [-0.25, -0.2) is 0 Å². The predicted octanol–water partition coefficient (Wildman–Crippen LogP) is 4.93. The molecule has 1 atom stereocenters. The summed E-state index contributed by atoms with van der Waals surface area (Å²) < 4.78 is 0. The van der Waals surface area contributed by atoms with Crippen LogP contribution in [0.5, 0.6) is 0 Å². The molecule has 0 spiro atoms. The maximum Gasteiger partial charge on any atom is 0.0917 e. The van der Waals surface area contributed by atoms with Crippen molar-refractivity contribution in [2.75, 3.05) is 19.6 Å². The molecule has 0 radical (unpaired) electrons. The van der Waals surface area contributed by atoms with E-state index < -0.39 is 6.10 Å². The van der Waals surface area contributed by atoms with Gasteiger partial charge in [-0.15, -0.1) is 12.4 Å². The molecule has 1 saturated heterocycles. The van der Waals surface area contributed by atoms with E-state index in [1.165, 1.54) is 40.8 Å². The number of aliphatic hydroxyl groups excluding tert-OH is 1. The van der Waals surface area contributed by atoms with Gasteiger partial charge in [0.2, 0.25) is 0 Å². The number of nitrogens with zero attached hydrogens (tertiary/aromatic N) is 1. The molecule has 3 heteroatoms. The fourth-order valence-electron chi connectivity index (χ4n) is 3.73. The zero-order valence-electron chi connectivity index (χ0n) is 13.8. The Kier molecular flexibility index (Phi) is 5.40. The van der Waals surface area contributed by atoms with Crippen LogP contribution >= 0.6 is 12.4 Å². The Hall–Kier alpha value is -1.61. The second-order valence-corrected chi connectivity index (χ2v) is 6.64. The van der Waals surface area contributed by atoms with E-state index in [0.29, 0.717) is 0 Å². The van der Waals surface area contributed by atoms with Gasteiger partial charge in [0.15, 0.2) is 0 Å². The van der Waals surface area contributed by atoms with E-state index in [0.717, 1.165) is 25.2 Å². The van der Waals surface area contributed by atoms with Gasteiger partial charge in [-0.3, -0.25) is 0 Å². The Morgan fingerprint density at radius 3 is 2.38 bits per heavy atom. The van der Waals surface area contributed by atoms with Crippen molar-refractivity contribution in [3.05, 3.63) is 60.2 Å². The van der Waals surface area contributed by atoms with Gasteiger partial charge < -0.3 is 10.0 Å². The number of rotatable bonds is 3. The molecule has 3 aromatic rings. The van der Waals surface area contributed by atoms with Crippen LogP contribution in [0.2, 0.25) is 0 Å². The van der Waals surface area contributed by atoms with Crippen LogP contribution in [0.3, 0.4) is 0 Å². The molecule has 1 aliphatic rings. The number of likely N-dealkylation sites (tertiary alicyclic amines) is 1. The Labute approximate surface area is 149 Å². The molecule has 0 aromatic heterocycles. The molecule has 1 heterocycles. The Morgan fingerprint density at radius 2 is 1.54 bits per heavy atom. The van der Waals surface area contributed by atoms with E-state index in [4.69, 9.17) is 0 Å². The summed E-state index contributed by atoms with van der Waals surface area (Å²) in [5.74, 6) is 0. The molecule has 1 aliphatic heterocycles. The number of halogens is 1. The van der Waals surface area contributed by atoms with E-state index in [9.17, 15) is 5.11 Å². The molecular formula is C21H24ClNO. The molecule has 0 aliphatic carbocycles. The van der Waals surface area contributed by atoms with Crippen molar-refractivity contribution in [2.24, 2.45) is 0 Å². The number of aliphatic hydroxyl groups is 1. The lowest BCUT2D eigenvalue weighted by Gasteiger charge is -2.28. The highest BCUT2D eigenvalue weighted by atomic mass is 35.5. The lowest BCUT2D eigenvalue weighted by Crippen LogP contribution is -2.33. The van der Waals surface area contributed by atoms with Crippen LogP contribution in [0.25, 0.3) is 21.5 Å². The zero-order chi connectivity index (χ0) is 15.6. The molecule has 0 bridgehead atoms. The standard InChI is InChI=1S/C21H23NO.ClH/c23-21(15-22-12-4-1-5-13-22)18-10-11-20-17(14-18)9-8-16-6-2-3-7-19(16)20;/h2-3,6-11,14,21,23H,1,4-5,12-13,15H2;1H. The Balaban J connectivity index is 0.00000169. The second-order valence-electron chi connectivity index (χ2n) is 6.64. The van der Waals surface area contributed by atoms with Gasteiger partial charge in [-0.05, 0) is 59.1 Å². The lowest BCUT2D eigenvalue weighted by atomic mass is 9.98. The van der Waals surface area contributed by atoms with E-state index in [1.54, 1.807) is 0 Å². The van der Waals surface area contributed by atoms with Crippen molar-refractivity contribution in [1.82, 2.24) is 4.90 Å². The highest BCUT2D eigenvalue weighted by molar-refractivity contribution is 6.07. The smallest absolute Gasteiger partial charge is 0.0917 e. The molecule has 2 nitrogen and oxygen atoms in total. The van der Waals surface area contributed by atoms with Crippen molar-refractivity contribution < 1.29 is 5.11 Å². The van der Waals surface area contributed by atoms with Crippen LogP contribution in [-0.4, -0.2) is 29.6 Å².